The van der Waals surface area contributed by atoms with Gasteiger partial charge in [-0.05, 0) is 47.8 Å². The quantitative estimate of drug-likeness (QED) is 0.821. The lowest BCUT2D eigenvalue weighted by atomic mass is 10.2. The summed E-state index contributed by atoms with van der Waals surface area (Å²) in [6.45, 7) is 1.84. The molecule has 0 aliphatic heterocycles. The molecule has 0 spiro atoms. The van der Waals surface area contributed by atoms with Crippen LogP contribution in [0, 0.1) is 0 Å². The number of thioether (sulfide) groups is 1. The standard InChI is InChI=1S/C14H14BrN3O2S/c1-8(12(19)16-9-6-7-9)21-14-18-17-13(20-14)10-4-2-3-5-11(10)15/h2-5,8-9H,6-7H2,1H3,(H,16,19)/t8-/m0/s1. The summed E-state index contributed by atoms with van der Waals surface area (Å²) < 4.78 is 6.52. The lowest BCUT2D eigenvalue weighted by Gasteiger charge is -2.08. The second-order valence-corrected chi connectivity index (χ2v) is 7.04. The van der Waals surface area contributed by atoms with E-state index in [1.165, 1.54) is 11.8 Å². The highest BCUT2D eigenvalue weighted by molar-refractivity contribution is 9.10. The van der Waals surface area contributed by atoms with Gasteiger partial charge in [-0.2, -0.15) is 0 Å². The zero-order valence-corrected chi connectivity index (χ0v) is 13.8. The second kappa shape index (κ2) is 6.19. The highest BCUT2D eigenvalue weighted by Gasteiger charge is 2.27. The van der Waals surface area contributed by atoms with E-state index in [1.807, 2.05) is 31.2 Å². The molecule has 1 aromatic heterocycles. The number of halogens is 1. The summed E-state index contributed by atoms with van der Waals surface area (Å²) in [5.74, 6) is 0.461. The molecule has 0 radical (unpaired) electrons. The van der Waals surface area contributed by atoms with Gasteiger partial charge in [0.05, 0.1) is 10.8 Å². The maximum Gasteiger partial charge on any atom is 0.277 e. The minimum atomic E-state index is -0.252. The molecule has 1 amide bonds. The number of amides is 1. The van der Waals surface area contributed by atoms with Gasteiger partial charge in [0.15, 0.2) is 0 Å². The molecule has 2 aromatic rings. The Bertz CT molecular complexity index is 657. The summed E-state index contributed by atoms with van der Waals surface area (Å²) in [5.41, 5.74) is 0.840. The van der Waals surface area contributed by atoms with E-state index in [2.05, 4.69) is 31.4 Å². The zero-order valence-electron chi connectivity index (χ0n) is 11.4. The Morgan fingerprint density at radius 3 is 2.90 bits per heavy atom. The molecule has 1 aromatic carbocycles. The van der Waals surface area contributed by atoms with Crippen molar-refractivity contribution >= 4 is 33.6 Å². The van der Waals surface area contributed by atoms with Crippen molar-refractivity contribution in [3.8, 4) is 11.5 Å². The Hall–Kier alpha value is -1.34. The van der Waals surface area contributed by atoms with Gasteiger partial charge >= 0.3 is 0 Å². The van der Waals surface area contributed by atoms with Gasteiger partial charge in [-0.3, -0.25) is 4.79 Å². The third-order valence-corrected chi connectivity index (χ3v) is 4.71. The first-order chi connectivity index (χ1) is 10.1. The molecule has 5 nitrogen and oxygen atoms in total. The molecule has 21 heavy (non-hydrogen) atoms. The van der Waals surface area contributed by atoms with Crippen LogP contribution in [0.1, 0.15) is 19.8 Å². The molecular weight excluding hydrogens is 354 g/mol. The number of hydrogen-bond donors (Lipinski definition) is 1. The first-order valence-corrected chi connectivity index (χ1v) is 8.36. The summed E-state index contributed by atoms with van der Waals surface area (Å²) in [5, 5.41) is 11.1. The second-order valence-electron chi connectivity index (χ2n) is 4.90. The van der Waals surface area contributed by atoms with Gasteiger partial charge in [-0.25, -0.2) is 0 Å². The van der Waals surface area contributed by atoms with Gasteiger partial charge in [0, 0.05) is 10.5 Å². The van der Waals surface area contributed by atoms with Crippen molar-refractivity contribution < 1.29 is 9.21 Å². The predicted octanol–water partition coefficient (Wildman–Crippen LogP) is 3.26. The monoisotopic (exact) mass is 367 g/mol. The Morgan fingerprint density at radius 2 is 2.19 bits per heavy atom. The van der Waals surface area contributed by atoms with Crippen LogP contribution in [0.25, 0.3) is 11.5 Å². The van der Waals surface area contributed by atoms with Crippen LogP contribution in [0.3, 0.4) is 0 Å². The summed E-state index contributed by atoms with van der Waals surface area (Å²) in [4.78, 5) is 11.9. The smallest absolute Gasteiger partial charge is 0.277 e. The number of hydrogen-bond acceptors (Lipinski definition) is 5. The largest absolute Gasteiger partial charge is 0.411 e. The summed E-state index contributed by atoms with van der Waals surface area (Å²) in [7, 11) is 0. The molecule has 1 aliphatic carbocycles. The fraction of sp³-hybridized carbons (Fsp3) is 0.357. The third kappa shape index (κ3) is 3.65. The maximum atomic E-state index is 11.9. The normalized spacial score (nSPS) is 15.7. The number of nitrogens with one attached hydrogen (secondary N) is 1. The fourth-order valence-corrected chi connectivity index (χ4v) is 2.90. The number of nitrogens with zero attached hydrogens (tertiary/aromatic N) is 2. The number of benzene rings is 1. The molecule has 7 heteroatoms. The third-order valence-electron chi connectivity index (χ3n) is 3.08. The van der Waals surface area contributed by atoms with E-state index >= 15 is 0 Å². The summed E-state index contributed by atoms with van der Waals surface area (Å²) in [6, 6.07) is 8.00. The Kier molecular flexibility index (Phi) is 4.30. The van der Waals surface area contributed by atoms with Gasteiger partial charge in [-0.1, -0.05) is 23.9 Å². The van der Waals surface area contributed by atoms with Crippen LogP contribution in [-0.4, -0.2) is 27.4 Å². The van der Waals surface area contributed by atoms with Crippen LogP contribution < -0.4 is 5.32 Å². The highest BCUT2D eigenvalue weighted by atomic mass is 79.9. The molecule has 3 rings (SSSR count). The molecule has 1 atom stereocenters. The predicted molar refractivity (Wildman–Crippen MR) is 83.9 cm³/mol. The van der Waals surface area contributed by atoms with Crippen molar-refractivity contribution in [1.82, 2.24) is 15.5 Å². The average Bonchev–Trinajstić information content (AvgIpc) is 3.16. The average molecular weight is 368 g/mol. The van der Waals surface area contributed by atoms with E-state index in [-0.39, 0.29) is 11.2 Å². The Labute approximate surface area is 135 Å². The Balaban J connectivity index is 1.67. The van der Waals surface area contributed by atoms with E-state index in [4.69, 9.17) is 4.42 Å². The molecule has 110 valence electrons. The van der Waals surface area contributed by atoms with Crippen molar-refractivity contribution in [1.29, 1.82) is 0 Å². The molecular formula is C14H14BrN3O2S. The number of carbonyl (C=O) groups excluding carboxylic acids is 1. The molecule has 0 saturated heterocycles. The highest BCUT2D eigenvalue weighted by Crippen LogP contribution is 2.30. The minimum absolute atomic E-state index is 0.0168. The molecule has 1 saturated carbocycles. The molecule has 0 bridgehead atoms. The van der Waals surface area contributed by atoms with Crippen molar-refractivity contribution in [2.45, 2.75) is 36.3 Å². The van der Waals surface area contributed by atoms with Gasteiger partial charge in [0.1, 0.15) is 0 Å². The van der Waals surface area contributed by atoms with Crippen molar-refractivity contribution in [2.75, 3.05) is 0 Å². The lowest BCUT2D eigenvalue weighted by molar-refractivity contribution is -0.120. The summed E-state index contributed by atoms with van der Waals surface area (Å²) >= 11 is 4.73. The van der Waals surface area contributed by atoms with Crippen LogP contribution in [-0.2, 0) is 4.79 Å². The van der Waals surface area contributed by atoms with Crippen LogP contribution >= 0.6 is 27.7 Å². The Morgan fingerprint density at radius 1 is 1.43 bits per heavy atom. The topological polar surface area (TPSA) is 68.0 Å². The van der Waals surface area contributed by atoms with E-state index in [0.29, 0.717) is 17.2 Å². The van der Waals surface area contributed by atoms with Gasteiger partial charge < -0.3 is 9.73 Å². The van der Waals surface area contributed by atoms with Crippen molar-refractivity contribution in [2.24, 2.45) is 0 Å². The molecule has 0 unspecified atom stereocenters. The van der Waals surface area contributed by atoms with E-state index in [0.717, 1.165) is 22.9 Å². The minimum Gasteiger partial charge on any atom is -0.411 e. The van der Waals surface area contributed by atoms with Gasteiger partial charge in [0.25, 0.3) is 5.22 Å². The first kappa shape index (κ1) is 14.6. The van der Waals surface area contributed by atoms with Crippen LogP contribution in [0.2, 0.25) is 0 Å². The molecule has 1 N–H and O–H groups in total. The molecule has 1 aliphatic rings. The number of carbonyl (C=O) groups is 1. The van der Waals surface area contributed by atoms with E-state index in [1.54, 1.807) is 0 Å². The zero-order chi connectivity index (χ0) is 14.8. The van der Waals surface area contributed by atoms with Gasteiger partial charge in [0.2, 0.25) is 11.8 Å². The fourth-order valence-electron chi connectivity index (χ4n) is 1.75. The SMILES string of the molecule is C[C@H](Sc1nnc(-c2ccccc2Br)o1)C(=O)NC1CC1. The molecule has 1 heterocycles. The maximum absolute atomic E-state index is 11.9. The van der Waals surface area contributed by atoms with Crippen molar-refractivity contribution in [3.05, 3.63) is 28.7 Å². The van der Waals surface area contributed by atoms with Gasteiger partial charge in [-0.15, -0.1) is 10.2 Å². The molecule has 1 fully saturated rings. The van der Waals surface area contributed by atoms with E-state index in [9.17, 15) is 4.79 Å². The number of aromatic nitrogens is 2. The lowest BCUT2D eigenvalue weighted by Crippen LogP contribution is -2.32. The van der Waals surface area contributed by atoms with Crippen LogP contribution in [0.15, 0.2) is 38.4 Å². The first-order valence-electron chi connectivity index (χ1n) is 6.69. The summed E-state index contributed by atoms with van der Waals surface area (Å²) in [6.07, 6.45) is 2.16. The number of rotatable bonds is 5. The van der Waals surface area contributed by atoms with Crippen molar-refractivity contribution in [3.63, 3.8) is 0 Å². The van der Waals surface area contributed by atoms with Crippen LogP contribution in [0.4, 0.5) is 0 Å². The van der Waals surface area contributed by atoms with Crippen LogP contribution in [0.5, 0.6) is 0 Å². The van der Waals surface area contributed by atoms with E-state index < -0.39 is 0 Å².